The monoisotopic (exact) mass is 233 g/mol. The highest BCUT2D eigenvalue weighted by atomic mass is 16.4. The highest BCUT2D eigenvalue weighted by molar-refractivity contribution is 5.92. The molecule has 1 aromatic rings. The summed E-state index contributed by atoms with van der Waals surface area (Å²) in [5.41, 5.74) is 1.58. The molecule has 0 bridgehead atoms. The Labute approximate surface area is 100 Å². The van der Waals surface area contributed by atoms with E-state index in [1.165, 1.54) is 6.08 Å². The normalized spacial score (nSPS) is 10.5. The molecule has 0 aliphatic rings. The average Bonchev–Trinajstić information content (AvgIpc) is 2.35. The molecule has 90 valence electrons. The molecule has 1 rings (SSSR count). The number of carboxylic acids is 1. The largest absolute Gasteiger partial charge is 0.478 e. The van der Waals surface area contributed by atoms with Gasteiger partial charge in [0.1, 0.15) is 0 Å². The van der Waals surface area contributed by atoms with Gasteiger partial charge < -0.3 is 10.0 Å². The predicted octanol–water partition coefficient (Wildman–Crippen LogP) is 2.16. The SMILES string of the molecule is CCC(=O)N(C)c1ccc(C=CC(=O)O)cc1. The quantitative estimate of drug-likeness (QED) is 0.811. The molecule has 1 amide bonds. The molecule has 0 radical (unpaired) electrons. The van der Waals surface area contributed by atoms with Gasteiger partial charge in [-0.1, -0.05) is 19.1 Å². The van der Waals surface area contributed by atoms with Crippen molar-refractivity contribution in [2.24, 2.45) is 0 Å². The van der Waals surface area contributed by atoms with Gasteiger partial charge in [-0.3, -0.25) is 4.79 Å². The van der Waals surface area contributed by atoms with Crippen LogP contribution in [0.5, 0.6) is 0 Å². The minimum Gasteiger partial charge on any atom is -0.478 e. The lowest BCUT2D eigenvalue weighted by molar-refractivity contribution is -0.131. The van der Waals surface area contributed by atoms with Crippen molar-refractivity contribution >= 4 is 23.6 Å². The summed E-state index contributed by atoms with van der Waals surface area (Å²) in [5, 5.41) is 8.48. The maximum absolute atomic E-state index is 11.4. The van der Waals surface area contributed by atoms with E-state index in [1.807, 2.05) is 6.92 Å². The molecule has 0 aliphatic heterocycles. The van der Waals surface area contributed by atoms with Gasteiger partial charge >= 0.3 is 5.97 Å². The van der Waals surface area contributed by atoms with Crippen LogP contribution in [0.3, 0.4) is 0 Å². The molecule has 0 unspecified atom stereocenters. The number of rotatable bonds is 4. The Balaban J connectivity index is 2.81. The second kappa shape index (κ2) is 5.84. The molecule has 0 atom stereocenters. The fraction of sp³-hybridized carbons (Fsp3) is 0.231. The topological polar surface area (TPSA) is 57.6 Å². The molecule has 1 N–H and O–H groups in total. The van der Waals surface area contributed by atoms with Crippen LogP contribution < -0.4 is 4.90 Å². The Kier molecular flexibility index (Phi) is 4.46. The van der Waals surface area contributed by atoms with E-state index in [2.05, 4.69) is 0 Å². The lowest BCUT2D eigenvalue weighted by atomic mass is 10.2. The van der Waals surface area contributed by atoms with Crippen molar-refractivity contribution in [3.05, 3.63) is 35.9 Å². The van der Waals surface area contributed by atoms with E-state index < -0.39 is 5.97 Å². The molecule has 0 fully saturated rings. The third kappa shape index (κ3) is 3.75. The number of carbonyl (C=O) groups is 2. The molecule has 0 aromatic heterocycles. The Morgan fingerprint density at radius 3 is 2.35 bits per heavy atom. The van der Waals surface area contributed by atoms with Crippen molar-refractivity contribution in [3.63, 3.8) is 0 Å². The highest BCUT2D eigenvalue weighted by Gasteiger charge is 2.07. The fourth-order valence-electron chi connectivity index (χ4n) is 1.36. The van der Waals surface area contributed by atoms with Crippen molar-refractivity contribution in [1.29, 1.82) is 0 Å². The van der Waals surface area contributed by atoms with Crippen LogP contribution in [0, 0.1) is 0 Å². The number of amides is 1. The van der Waals surface area contributed by atoms with E-state index in [9.17, 15) is 9.59 Å². The smallest absolute Gasteiger partial charge is 0.328 e. The van der Waals surface area contributed by atoms with Gasteiger partial charge in [-0.25, -0.2) is 4.79 Å². The zero-order chi connectivity index (χ0) is 12.8. The molecule has 4 heteroatoms. The van der Waals surface area contributed by atoms with Crippen LogP contribution in [0.25, 0.3) is 6.08 Å². The maximum Gasteiger partial charge on any atom is 0.328 e. The summed E-state index contributed by atoms with van der Waals surface area (Å²) in [6, 6.07) is 7.12. The molecule has 0 saturated heterocycles. The highest BCUT2D eigenvalue weighted by Crippen LogP contribution is 2.15. The van der Waals surface area contributed by atoms with Crippen molar-refractivity contribution in [1.82, 2.24) is 0 Å². The lowest BCUT2D eigenvalue weighted by Gasteiger charge is -2.16. The van der Waals surface area contributed by atoms with E-state index in [0.29, 0.717) is 6.42 Å². The molecular weight excluding hydrogens is 218 g/mol. The van der Waals surface area contributed by atoms with Crippen LogP contribution in [0.1, 0.15) is 18.9 Å². The molecule has 17 heavy (non-hydrogen) atoms. The first-order valence-electron chi connectivity index (χ1n) is 5.32. The Morgan fingerprint density at radius 1 is 1.29 bits per heavy atom. The van der Waals surface area contributed by atoms with E-state index >= 15 is 0 Å². The summed E-state index contributed by atoms with van der Waals surface area (Å²) in [7, 11) is 1.72. The van der Waals surface area contributed by atoms with Gasteiger partial charge in [0, 0.05) is 25.2 Å². The van der Waals surface area contributed by atoms with Crippen LogP contribution in [-0.4, -0.2) is 24.0 Å². The lowest BCUT2D eigenvalue weighted by Crippen LogP contribution is -2.24. The maximum atomic E-state index is 11.4. The number of anilines is 1. The summed E-state index contributed by atoms with van der Waals surface area (Å²) in [5.74, 6) is -0.939. The second-order valence-corrected chi connectivity index (χ2v) is 3.57. The van der Waals surface area contributed by atoms with Crippen molar-refractivity contribution in [2.75, 3.05) is 11.9 Å². The number of nitrogens with zero attached hydrogens (tertiary/aromatic N) is 1. The molecule has 0 spiro atoms. The Morgan fingerprint density at radius 2 is 1.88 bits per heavy atom. The Bertz CT molecular complexity index is 434. The first kappa shape index (κ1) is 13.0. The molecule has 0 saturated carbocycles. The molecule has 0 aliphatic carbocycles. The second-order valence-electron chi connectivity index (χ2n) is 3.57. The summed E-state index contributed by atoms with van der Waals surface area (Å²) in [6.45, 7) is 1.81. The van der Waals surface area contributed by atoms with Crippen molar-refractivity contribution in [3.8, 4) is 0 Å². The van der Waals surface area contributed by atoms with Gasteiger partial charge in [-0.15, -0.1) is 0 Å². The third-order valence-corrected chi connectivity index (χ3v) is 2.38. The van der Waals surface area contributed by atoms with Crippen molar-refractivity contribution < 1.29 is 14.7 Å². The average molecular weight is 233 g/mol. The van der Waals surface area contributed by atoms with Crippen LogP contribution in [0.15, 0.2) is 30.3 Å². The number of carboxylic acid groups (broad SMARTS) is 1. The van der Waals surface area contributed by atoms with E-state index in [-0.39, 0.29) is 5.91 Å². The number of benzene rings is 1. The van der Waals surface area contributed by atoms with E-state index in [1.54, 1.807) is 36.2 Å². The van der Waals surface area contributed by atoms with Gasteiger partial charge in [0.2, 0.25) is 5.91 Å². The zero-order valence-electron chi connectivity index (χ0n) is 9.88. The molecule has 4 nitrogen and oxygen atoms in total. The zero-order valence-corrected chi connectivity index (χ0v) is 9.88. The van der Waals surface area contributed by atoms with Crippen molar-refractivity contribution in [2.45, 2.75) is 13.3 Å². The van der Waals surface area contributed by atoms with Gasteiger partial charge in [0.05, 0.1) is 0 Å². The molecule has 1 aromatic carbocycles. The van der Waals surface area contributed by atoms with Crippen LogP contribution in [0.2, 0.25) is 0 Å². The third-order valence-electron chi connectivity index (χ3n) is 2.38. The first-order valence-corrected chi connectivity index (χ1v) is 5.32. The van der Waals surface area contributed by atoms with Crippen LogP contribution in [-0.2, 0) is 9.59 Å². The molecule has 0 heterocycles. The fourth-order valence-corrected chi connectivity index (χ4v) is 1.36. The van der Waals surface area contributed by atoms with Gasteiger partial charge in [-0.2, -0.15) is 0 Å². The minimum absolute atomic E-state index is 0.0406. The first-order chi connectivity index (χ1) is 8.04. The van der Waals surface area contributed by atoms with E-state index in [0.717, 1.165) is 17.3 Å². The van der Waals surface area contributed by atoms with Crippen LogP contribution >= 0.6 is 0 Å². The summed E-state index contributed by atoms with van der Waals surface area (Å²) >= 11 is 0. The Hall–Kier alpha value is -2.10. The number of aliphatic carboxylic acids is 1. The standard InChI is InChI=1S/C13H15NO3/c1-3-12(15)14(2)11-7-4-10(5-8-11)6-9-13(16)17/h4-9H,3H2,1-2H3,(H,16,17). The molecular formula is C13H15NO3. The van der Waals surface area contributed by atoms with E-state index in [4.69, 9.17) is 5.11 Å². The van der Waals surface area contributed by atoms with Gasteiger partial charge in [0.25, 0.3) is 0 Å². The minimum atomic E-state index is -0.979. The van der Waals surface area contributed by atoms with Crippen LogP contribution in [0.4, 0.5) is 5.69 Å². The number of carbonyl (C=O) groups excluding carboxylic acids is 1. The van der Waals surface area contributed by atoms with Gasteiger partial charge in [-0.05, 0) is 23.8 Å². The summed E-state index contributed by atoms with van der Waals surface area (Å²) in [6.07, 6.45) is 3.04. The van der Waals surface area contributed by atoms with Gasteiger partial charge in [0.15, 0.2) is 0 Å². The summed E-state index contributed by atoms with van der Waals surface area (Å²) < 4.78 is 0. The number of hydrogen-bond donors (Lipinski definition) is 1. The predicted molar refractivity (Wildman–Crippen MR) is 66.8 cm³/mol. The number of hydrogen-bond acceptors (Lipinski definition) is 2. The summed E-state index contributed by atoms with van der Waals surface area (Å²) in [4.78, 5) is 23.4.